The Hall–Kier alpha value is -4.11. The van der Waals surface area contributed by atoms with E-state index in [1.54, 1.807) is 4.68 Å². The third kappa shape index (κ3) is 4.25. The van der Waals surface area contributed by atoms with E-state index < -0.39 is 5.91 Å². The Kier molecular flexibility index (Phi) is 5.92. The van der Waals surface area contributed by atoms with Crippen molar-refractivity contribution in [3.8, 4) is 17.2 Å². The van der Waals surface area contributed by atoms with Crippen molar-refractivity contribution >= 4 is 17.5 Å². The lowest BCUT2D eigenvalue weighted by Crippen LogP contribution is -2.36. The van der Waals surface area contributed by atoms with Crippen LogP contribution in [0.25, 0.3) is 5.69 Å². The molecule has 1 aromatic heterocycles. The maximum Gasteiger partial charge on any atom is 0.269 e. The Morgan fingerprint density at radius 2 is 1.68 bits per heavy atom. The van der Waals surface area contributed by atoms with Crippen LogP contribution in [0.1, 0.15) is 28.6 Å². The van der Waals surface area contributed by atoms with Gasteiger partial charge in [0.15, 0.2) is 5.69 Å². The van der Waals surface area contributed by atoms with Gasteiger partial charge in [0.05, 0.1) is 17.4 Å². The van der Waals surface area contributed by atoms with Gasteiger partial charge in [-0.3, -0.25) is 14.5 Å². The second-order valence-corrected chi connectivity index (χ2v) is 9.95. The van der Waals surface area contributed by atoms with E-state index >= 15 is 0 Å². The van der Waals surface area contributed by atoms with Gasteiger partial charge in [0.1, 0.15) is 17.2 Å². The molecular formula is C28H30N6O3. The first kappa shape index (κ1) is 23.3. The third-order valence-corrected chi connectivity index (χ3v) is 7.68. The molecule has 2 fully saturated rings. The molecule has 9 heteroatoms. The molecule has 4 heterocycles. The molecule has 0 bridgehead atoms. The first-order valence-corrected chi connectivity index (χ1v) is 12.7. The summed E-state index contributed by atoms with van der Waals surface area (Å²) in [6, 6.07) is 17.1. The second kappa shape index (κ2) is 9.40. The van der Waals surface area contributed by atoms with Crippen molar-refractivity contribution in [2.24, 2.45) is 17.6 Å². The fourth-order valence-corrected chi connectivity index (χ4v) is 5.96. The zero-order chi connectivity index (χ0) is 25.5. The van der Waals surface area contributed by atoms with Crippen LogP contribution < -0.4 is 15.8 Å². The highest BCUT2D eigenvalue weighted by Crippen LogP contribution is 2.42. The smallest absolute Gasteiger partial charge is 0.269 e. The van der Waals surface area contributed by atoms with Gasteiger partial charge in [0, 0.05) is 32.7 Å². The summed E-state index contributed by atoms with van der Waals surface area (Å²) in [6.45, 7) is 7.70. The van der Waals surface area contributed by atoms with Gasteiger partial charge in [0.25, 0.3) is 5.91 Å². The van der Waals surface area contributed by atoms with Crippen molar-refractivity contribution in [3.63, 3.8) is 0 Å². The Labute approximate surface area is 215 Å². The van der Waals surface area contributed by atoms with E-state index in [0.717, 1.165) is 56.3 Å². The lowest BCUT2D eigenvalue weighted by Gasteiger charge is -2.32. The van der Waals surface area contributed by atoms with Crippen molar-refractivity contribution in [2.75, 3.05) is 38.0 Å². The van der Waals surface area contributed by atoms with Crippen LogP contribution in [-0.2, 0) is 4.79 Å². The summed E-state index contributed by atoms with van der Waals surface area (Å²) in [5, 5.41) is 8.31. The van der Waals surface area contributed by atoms with Crippen LogP contribution >= 0.6 is 0 Å². The lowest BCUT2D eigenvalue weighted by atomic mass is 10.0. The maximum absolute atomic E-state index is 12.6. The number of amides is 2. The highest BCUT2D eigenvalue weighted by atomic mass is 16.5. The predicted molar refractivity (Wildman–Crippen MR) is 140 cm³/mol. The Bertz CT molecular complexity index is 1320. The van der Waals surface area contributed by atoms with Crippen molar-refractivity contribution in [1.82, 2.24) is 19.6 Å². The summed E-state index contributed by atoms with van der Waals surface area (Å²) < 4.78 is 7.55. The van der Waals surface area contributed by atoms with E-state index in [1.165, 1.54) is 6.08 Å². The molecule has 3 aromatic rings. The van der Waals surface area contributed by atoms with Gasteiger partial charge in [0.2, 0.25) is 5.91 Å². The zero-order valence-electron chi connectivity index (χ0n) is 20.5. The van der Waals surface area contributed by atoms with Crippen LogP contribution in [0.5, 0.6) is 11.5 Å². The molecule has 3 atom stereocenters. The predicted octanol–water partition coefficient (Wildman–Crippen LogP) is 3.20. The van der Waals surface area contributed by atoms with Gasteiger partial charge in [-0.15, -0.1) is 0 Å². The standard InChI is InChI=1S/C28H30N6O3/c1-2-24(35)33-16-18-14-32(15-19(18)17-33)23-12-13-30-26-25(23)31-34(27(26)28(29)36)20-8-10-22(11-9-20)37-21-6-4-3-5-7-21/h2-11,18-19,23,30H,1,12-17H2,(H2,29,36). The Morgan fingerprint density at radius 1 is 1.00 bits per heavy atom. The van der Waals surface area contributed by atoms with E-state index in [2.05, 4.69) is 16.8 Å². The van der Waals surface area contributed by atoms with E-state index in [0.29, 0.717) is 29.0 Å². The minimum absolute atomic E-state index is 0.00938. The number of benzene rings is 2. The molecule has 6 rings (SSSR count). The van der Waals surface area contributed by atoms with Gasteiger partial charge in [-0.2, -0.15) is 5.10 Å². The molecule has 0 saturated carbocycles. The number of nitrogens with two attached hydrogens (primary N) is 1. The minimum atomic E-state index is -0.525. The average molecular weight is 499 g/mol. The quantitative estimate of drug-likeness (QED) is 0.506. The number of aromatic nitrogens is 2. The van der Waals surface area contributed by atoms with E-state index in [4.69, 9.17) is 15.6 Å². The topological polar surface area (TPSA) is 106 Å². The Balaban J connectivity index is 1.25. The van der Waals surface area contributed by atoms with Crippen molar-refractivity contribution in [2.45, 2.75) is 12.5 Å². The number of fused-ring (bicyclic) bond motifs is 2. The van der Waals surface area contributed by atoms with Crippen LogP contribution in [0.3, 0.4) is 0 Å². The summed E-state index contributed by atoms with van der Waals surface area (Å²) in [4.78, 5) is 29.0. The van der Waals surface area contributed by atoms with Crippen molar-refractivity contribution in [1.29, 1.82) is 0 Å². The summed E-state index contributed by atoms with van der Waals surface area (Å²) >= 11 is 0. The molecule has 2 aromatic carbocycles. The number of carbonyl (C=O) groups excluding carboxylic acids is 2. The number of anilines is 1. The number of nitrogens with zero attached hydrogens (tertiary/aromatic N) is 4. The lowest BCUT2D eigenvalue weighted by molar-refractivity contribution is -0.125. The molecule has 0 spiro atoms. The minimum Gasteiger partial charge on any atom is -0.457 e. The highest BCUT2D eigenvalue weighted by molar-refractivity contribution is 5.98. The molecule has 0 radical (unpaired) electrons. The van der Waals surface area contributed by atoms with E-state index in [1.807, 2.05) is 59.5 Å². The molecular weight excluding hydrogens is 468 g/mol. The Morgan fingerprint density at radius 3 is 2.32 bits per heavy atom. The number of para-hydroxylation sites is 1. The molecule has 3 N–H and O–H groups in total. The van der Waals surface area contributed by atoms with Gasteiger partial charge >= 0.3 is 0 Å². The zero-order valence-corrected chi connectivity index (χ0v) is 20.5. The van der Waals surface area contributed by atoms with Gasteiger partial charge in [-0.25, -0.2) is 4.68 Å². The fraction of sp³-hybridized carbons (Fsp3) is 0.321. The molecule has 2 amide bonds. The van der Waals surface area contributed by atoms with Gasteiger partial charge < -0.3 is 20.7 Å². The number of rotatable bonds is 6. The molecule has 3 aliphatic heterocycles. The molecule has 190 valence electrons. The molecule has 3 aliphatic rings. The van der Waals surface area contributed by atoms with Crippen LogP contribution in [0.2, 0.25) is 0 Å². The molecule has 9 nitrogen and oxygen atoms in total. The van der Waals surface area contributed by atoms with Crippen molar-refractivity contribution < 1.29 is 14.3 Å². The van der Waals surface area contributed by atoms with Crippen LogP contribution in [-0.4, -0.2) is 64.1 Å². The number of carbonyl (C=O) groups is 2. The number of primary amides is 1. The second-order valence-electron chi connectivity index (χ2n) is 9.95. The SMILES string of the molecule is C=CC(=O)N1CC2CN(C3CCNc4c3nn(-c3ccc(Oc5ccccc5)cc3)c4C(N)=O)CC2C1. The molecule has 0 aliphatic carbocycles. The molecule has 3 unspecified atom stereocenters. The number of ether oxygens (including phenoxy) is 1. The third-order valence-electron chi connectivity index (χ3n) is 7.68. The number of hydrogen-bond donors (Lipinski definition) is 2. The fourth-order valence-electron chi connectivity index (χ4n) is 5.96. The van der Waals surface area contributed by atoms with Gasteiger partial charge in [-0.05, 0) is 60.7 Å². The van der Waals surface area contributed by atoms with Crippen LogP contribution in [0, 0.1) is 11.8 Å². The molecule has 37 heavy (non-hydrogen) atoms. The van der Waals surface area contributed by atoms with Crippen LogP contribution in [0.15, 0.2) is 67.3 Å². The monoisotopic (exact) mass is 498 g/mol. The summed E-state index contributed by atoms with van der Waals surface area (Å²) in [7, 11) is 0. The normalized spacial score (nSPS) is 22.7. The summed E-state index contributed by atoms with van der Waals surface area (Å²) in [5.41, 5.74) is 8.52. The first-order valence-electron chi connectivity index (χ1n) is 12.7. The van der Waals surface area contributed by atoms with E-state index in [-0.39, 0.29) is 11.9 Å². The van der Waals surface area contributed by atoms with Crippen LogP contribution in [0.4, 0.5) is 5.69 Å². The molecule has 2 saturated heterocycles. The average Bonchev–Trinajstić information content (AvgIpc) is 3.61. The number of likely N-dealkylation sites (tertiary alicyclic amines) is 2. The number of nitrogens with one attached hydrogen (secondary N) is 1. The van der Waals surface area contributed by atoms with Gasteiger partial charge in [-0.1, -0.05) is 24.8 Å². The maximum atomic E-state index is 12.6. The summed E-state index contributed by atoms with van der Waals surface area (Å²) in [5.74, 6) is 1.81. The summed E-state index contributed by atoms with van der Waals surface area (Å²) in [6.07, 6.45) is 2.29. The largest absolute Gasteiger partial charge is 0.457 e. The number of hydrogen-bond acceptors (Lipinski definition) is 6. The van der Waals surface area contributed by atoms with E-state index in [9.17, 15) is 9.59 Å². The van der Waals surface area contributed by atoms with Crippen molar-refractivity contribution in [3.05, 3.63) is 78.6 Å². The highest BCUT2D eigenvalue weighted by Gasteiger charge is 2.45. The first-order chi connectivity index (χ1) is 18.0.